The van der Waals surface area contributed by atoms with Crippen molar-refractivity contribution in [1.29, 1.82) is 0 Å². The molecule has 0 bridgehead atoms. The number of rotatable bonds is 5. The minimum Gasteiger partial charge on any atom is -0.444 e. The molecule has 208 valence electrons. The van der Waals surface area contributed by atoms with Crippen LogP contribution in [-0.4, -0.2) is 67.4 Å². The van der Waals surface area contributed by atoms with Crippen LogP contribution in [0.1, 0.15) is 45.5 Å². The molecule has 0 atom stereocenters. The van der Waals surface area contributed by atoms with Crippen molar-refractivity contribution in [3.05, 3.63) is 66.9 Å². The number of benzene rings is 1. The van der Waals surface area contributed by atoms with E-state index in [1.54, 1.807) is 52.3 Å². The zero-order valence-corrected chi connectivity index (χ0v) is 23.4. The second kappa shape index (κ2) is 9.77. The minimum absolute atomic E-state index is 0.0259. The Morgan fingerprint density at radius 2 is 1.82 bits per heavy atom. The molecule has 11 nitrogen and oxygen atoms in total. The summed E-state index contributed by atoms with van der Waals surface area (Å²) in [5, 5.41) is 5.06. The fourth-order valence-electron chi connectivity index (χ4n) is 5.26. The van der Waals surface area contributed by atoms with Crippen LogP contribution >= 0.6 is 0 Å². The molecule has 1 amide bonds. The van der Waals surface area contributed by atoms with Gasteiger partial charge in [-0.05, 0) is 57.9 Å². The Kier molecular flexibility index (Phi) is 6.37. The third-order valence-corrected chi connectivity index (χ3v) is 8.72. The molecule has 5 heterocycles. The first-order valence-corrected chi connectivity index (χ1v) is 14.7. The predicted molar refractivity (Wildman–Crippen MR) is 149 cm³/mol. The van der Waals surface area contributed by atoms with Gasteiger partial charge in [0.15, 0.2) is 5.03 Å². The topological polar surface area (TPSA) is 128 Å². The molecule has 0 aliphatic carbocycles. The van der Waals surface area contributed by atoms with Crippen LogP contribution in [0.15, 0.2) is 71.0 Å². The Morgan fingerprint density at radius 1 is 1.07 bits per heavy atom. The molecule has 4 aromatic heterocycles. The van der Waals surface area contributed by atoms with Crippen molar-refractivity contribution >= 4 is 38.0 Å². The number of pyridine rings is 1. The Bertz CT molecular complexity index is 1780. The number of sulfone groups is 1. The molecule has 40 heavy (non-hydrogen) atoms. The summed E-state index contributed by atoms with van der Waals surface area (Å²) in [6.45, 7) is 6.94. The SMILES string of the molecule is CC(C)(C)OC(=O)N1CCC(n2c(Cn3cccn3)nc3c(S(=O)(=O)c4ccccc4)nc4[nH]ccc4c32)CC1. The first-order valence-electron chi connectivity index (χ1n) is 13.3. The molecule has 12 heteroatoms. The van der Waals surface area contributed by atoms with E-state index < -0.39 is 15.4 Å². The number of carbonyl (C=O) groups is 1. The highest BCUT2D eigenvalue weighted by Gasteiger charge is 2.33. The van der Waals surface area contributed by atoms with Gasteiger partial charge in [-0.1, -0.05) is 18.2 Å². The maximum atomic E-state index is 13.9. The number of piperidine rings is 1. The van der Waals surface area contributed by atoms with E-state index in [4.69, 9.17) is 9.72 Å². The zero-order valence-electron chi connectivity index (χ0n) is 22.6. The fourth-order valence-corrected chi connectivity index (χ4v) is 6.61. The Morgan fingerprint density at radius 3 is 2.50 bits per heavy atom. The summed E-state index contributed by atoms with van der Waals surface area (Å²) in [5.74, 6) is 0.675. The van der Waals surface area contributed by atoms with Crippen LogP contribution in [-0.2, 0) is 21.1 Å². The molecule has 1 aliphatic heterocycles. The number of aromatic nitrogens is 6. The summed E-state index contributed by atoms with van der Waals surface area (Å²) in [7, 11) is -3.97. The van der Waals surface area contributed by atoms with E-state index in [0.717, 1.165) is 5.39 Å². The maximum Gasteiger partial charge on any atom is 0.410 e. The third-order valence-electron chi connectivity index (χ3n) is 7.03. The Balaban J connectivity index is 1.49. The number of hydrogen-bond acceptors (Lipinski definition) is 7. The van der Waals surface area contributed by atoms with Crippen molar-refractivity contribution < 1.29 is 17.9 Å². The normalized spacial score (nSPS) is 15.2. The summed E-state index contributed by atoms with van der Waals surface area (Å²) in [6.07, 6.45) is 6.29. The second-order valence-corrected chi connectivity index (χ2v) is 12.8. The van der Waals surface area contributed by atoms with Gasteiger partial charge in [-0.25, -0.2) is 23.2 Å². The number of ether oxygens (including phenoxy) is 1. The van der Waals surface area contributed by atoms with E-state index >= 15 is 0 Å². The van der Waals surface area contributed by atoms with E-state index in [9.17, 15) is 13.2 Å². The molecule has 0 saturated carbocycles. The number of likely N-dealkylation sites (tertiary alicyclic amines) is 1. The van der Waals surface area contributed by atoms with Crippen LogP contribution in [0.4, 0.5) is 4.79 Å². The van der Waals surface area contributed by atoms with Crippen LogP contribution in [0.5, 0.6) is 0 Å². The second-order valence-electron chi connectivity index (χ2n) is 11.0. The van der Waals surface area contributed by atoms with Gasteiger partial charge in [-0.15, -0.1) is 0 Å². The number of nitrogens with one attached hydrogen (secondary N) is 1. The first kappa shape index (κ1) is 26.1. The van der Waals surface area contributed by atoms with Gasteiger partial charge in [0, 0.05) is 43.1 Å². The van der Waals surface area contributed by atoms with Crippen molar-refractivity contribution in [2.75, 3.05) is 13.1 Å². The number of amides is 1. The fraction of sp³-hybridized carbons (Fsp3) is 0.357. The standard InChI is InChI=1S/C28H31N7O4S/c1-28(2,3)39-27(36)33-16-11-19(12-17-33)35-22(18-34-15-7-13-30-34)31-23-24(35)21-10-14-29-25(21)32-26(23)40(37,38)20-8-5-4-6-9-20/h4-10,13-15,19H,11-12,16-18H2,1-3H3,(H,29,32). The van der Waals surface area contributed by atoms with Crippen molar-refractivity contribution in [2.45, 2.75) is 61.7 Å². The molecular weight excluding hydrogens is 530 g/mol. The van der Waals surface area contributed by atoms with E-state index in [-0.39, 0.29) is 22.1 Å². The van der Waals surface area contributed by atoms with Crippen molar-refractivity contribution in [2.24, 2.45) is 0 Å². The van der Waals surface area contributed by atoms with Crippen LogP contribution in [0, 0.1) is 0 Å². The number of aromatic amines is 1. The van der Waals surface area contributed by atoms with Gasteiger partial charge in [0.2, 0.25) is 9.84 Å². The number of hydrogen-bond donors (Lipinski definition) is 1. The van der Waals surface area contributed by atoms with Gasteiger partial charge in [0.25, 0.3) is 0 Å². The molecule has 1 aromatic carbocycles. The van der Waals surface area contributed by atoms with Crippen LogP contribution < -0.4 is 0 Å². The lowest BCUT2D eigenvalue weighted by atomic mass is 10.0. The average molecular weight is 562 g/mol. The van der Waals surface area contributed by atoms with Crippen molar-refractivity contribution in [3.63, 3.8) is 0 Å². The molecule has 1 fully saturated rings. The van der Waals surface area contributed by atoms with Gasteiger partial charge in [-0.3, -0.25) is 4.68 Å². The highest BCUT2D eigenvalue weighted by atomic mass is 32.2. The number of H-pyrrole nitrogens is 1. The van der Waals surface area contributed by atoms with Crippen molar-refractivity contribution in [3.8, 4) is 0 Å². The summed E-state index contributed by atoms with van der Waals surface area (Å²) >= 11 is 0. The molecule has 0 spiro atoms. The first-order chi connectivity index (χ1) is 19.1. The average Bonchev–Trinajstić information content (AvgIpc) is 3.68. The molecule has 1 aliphatic rings. The zero-order chi connectivity index (χ0) is 28.1. The van der Waals surface area contributed by atoms with E-state index in [1.807, 2.05) is 39.1 Å². The molecule has 1 saturated heterocycles. The summed E-state index contributed by atoms with van der Waals surface area (Å²) < 4.78 is 37.2. The number of carbonyl (C=O) groups excluding carboxylic acids is 1. The predicted octanol–water partition coefficient (Wildman–Crippen LogP) is 4.56. The summed E-state index contributed by atoms with van der Waals surface area (Å²) in [5.41, 5.74) is 0.935. The highest BCUT2D eigenvalue weighted by molar-refractivity contribution is 7.91. The van der Waals surface area contributed by atoms with Crippen LogP contribution in [0.2, 0.25) is 0 Å². The third kappa shape index (κ3) is 4.72. The van der Waals surface area contributed by atoms with Gasteiger partial charge in [-0.2, -0.15) is 5.10 Å². The van der Waals surface area contributed by atoms with Crippen molar-refractivity contribution in [1.82, 2.24) is 34.2 Å². The maximum absolute atomic E-state index is 13.9. The minimum atomic E-state index is -3.97. The lowest BCUT2D eigenvalue weighted by Crippen LogP contribution is -2.42. The Hall–Kier alpha value is -4.19. The lowest BCUT2D eigenvalue weighted by Gasteiger charge is -2.34. The monoisotopic (exact) mass is 561 g/mol. The van der Waals surface area contributed by atoms with Crippen LogP contribution in [0.25, 0.3) is 22.1 Å². The lowest BCUT2D eigenvalue weighted by molar-refractivity contribution is 0.0189. The van der Waals surface area contributed by atoms with Gasteiger partial charge in [0.1, 0.15) is 22.6 Å². The molecule has 1 N–H and O–H groups in total. The van der Waals surface area contributed by atoms with Crippen LogP contribution in [0.3, 0.4) is 0 Å². The smallest absolute Gasteiger partial charge is 0.410 e. The van der Waals surface area contributed by atoms with E-state index in [0.29, 0.717) is 55.0 Å². The van der Waals surface area contributed by atoms with E-state index in [1.165, 1.54) is 0 Å². The molecular formula is C28H31N7O4S. The number of nitrogens with zero attached hydrogens (tertiary/aromatic N) is 6. The van der Waals surface area contributed by atoms with Gasteiger partial charge < -0.3 is 19.2 Å². The number of fused-ring (bicyclic) bond motifs is 3. The summed E-state index contributed by atoms with van der Waals surface area (Å²) in [6, 6.07) is 12.0. The Labute approximate surface area is 231 Å². The van der Waals surface area contributed by atoms with Gasteiger partial charge in [0.05, 0.1) is 17.0 Å². The van der Waals surface area contributed by atoms with E-state index in [2.05, 4.69) is 19.6 Å². The quantitative estimate of drug-likeness (QED) is 0.333. The largest absolute Gasteiger partial charge is 0.444 e. The molecule has 5 aromatic rings. The van der Waals surface area contributed by atoms with Gasteiger partial charge >= 0.3 is 6.09 Å². The molecule has 0 radical (unpaired) electrons. The highest BCUT2D eigenvalue weighted by Crippen LogP contribution is 2.36. The molecule has 6 rings (SSSR count). The summed E-state index contributed by atoms with van der Waals surface area (Å²) in [4.78, 5) is 27.2. The number of imidazole rings is 1. The molecule has 0 unspecified atom stereocenters.